The number of ether oxygens (including phenoxy) is 3. The highest BCUT2D eigenvalue weighted by molar-refractivity contribution is 5.84. The smallest absolute Gasteiger partial charge is 0.333 e. The maximum absolute atomic E-state index is 11.8. The number of esters is 1. The molecule has 0 aromatic carbocycles. The van der Waals surface area contributed by atoms with Crippen molar-refractivity contribution in [2.75, 3.05) is 19.8 Å². The van der Waals surface area contributed by atoms with Gasteiger partial charge in [0.05, 0.1) is 25.2 Å². The largest absolute Gasteiger partial charge is 0.432 e. The van der Waals surface area contributed by atoms with E-state index in [9.17, 15) is 15.0 Å². The van der Waals surface area contributed by atoms with Crippen molar-refractivity contribution in [3.63, 3.8) is 0 Å². The Kier molecular flexibility index (Phi) is 4.27. The lowest BCUT2D eigenvalue weighted by Gasteiger charge is -2.59. The normalized spacial score (nSPS) is 49.6. The van der Waals surface area contributed by atoms with Crippen LogP contribution in [-0.4, -0.2) is 48.1 Å². The van der Waals surface area contributed by atoms with Gasteiger partial charge < -0.3 is 24.4 Å². The van der Waals surface area contributed by atoms with Crippen molar-refractivity contribution in [1.82, 2.24) is 0 Å². The minimum absolute atomic E-state index is 0.0576. The van der Waals surface area contributed by atoms with Gasteiger partial charge in [0.2, 0.25) is 6.29 Å². The first-order chi connectivity index (χ1) is 13.3. The van der Waals surface area contributed by atoms with Gasteiger partial charge in [-0.15, -0.1) is 0 Å². The summed E-state index contributed by atoms with van der Waals surface area (Å²) in [6.45, 7) is 5.45. The van der Waals surface area contributed by atoms with E-state index in [0.717, 1.165) is 44.1 Å². The summed E-state index contributed by atoms with van der Waals surface area (Å²) < 4.78 is 17.2. The van der Waals surface area contributed by atoms with Crippen LogP contribution in [0.2, 0.25) is 0 Å². The molecule has 0 bridgehead atoms. The maximum Gasteiger partial charge on any atom is 0.333 e. The van der Waals surface area contributed by atoms with E-state index < -0.39 is 23.5 Å². The standard InChI is InChI=1S/C22H32O6/c1-20-8-7-16-14(4-3-13-11-18(24)28-19(25)21(13,16)2)15(20)5-6-17(20)22(12-23)26-9-10-27-22/h11,14-17,19,23,25H,3-10,12H2,1-2H3/t14-,15-,16-,17-,19?,20-,21-/m0/s1. The van der Waals surface area contributed by atoms with Crippen LogP contribution in [0.1, 0.15) is 52.4 Å². The van der Waals surface area contributed by atoms with Crippen LogP contribution in [0.5, 0.6) is 0 Å². The zero-order valence-electron chi connectivity index (χ0n) is 16.9. The molecule has 156 valence electrons. The van der Waals surface area contributed by atoms with Crippen LogP contribution in [-0.2, 0) is 19.0 Å². The minimum atomic E-state index is -1.06. The molecule has 2 aliphatic heterocycles. The molecular weight excluding hydrogens is 360 g/mol. The molecule has 5 aliphatic rings. The van der Waals surface area contributed by atoms with Crippen molar-refractivity contribution in [1.29, 1.82) is 0 Å². The second-order valence-electron chi connectivity index (χ2n) is 10.00. The predicted molar refractivity (Wildman–Crippen MR) is 99.8 cm³/mol. The highest BCUT2D eigenvalue weighted by Crippen LogP contribution is 2.68. The van der Waals surface area contributed by atoms with Crippen LogP contribution in [0, 0.1) is 34.5 Å². The average molecular weight is 392 g/mol. The van der Waals surface area contributed by atoms with Gasteiger partial charge in [0.1, 0.15) is 0 Å². The molecule has 4 fully saturated rings. The fraction of sp³-hybridized carbons (Fsp3) is 0.864. The number of carbonyl (C=O) groups excluding carboxylic acids is 1. The Morgan fingerprint density at radius 3 is 2.57 bits per heavy atom. The molecule has 5 rings (SSSR count). The summed E-state index contributed by atoms with van der Waals surface area (Å²) in [5.74, 6) is 0.227. The van der Waals surface area contributed by atoms with Gasteiger partial charge in [-0.2, -0.15) is 0 Å². The lowest BCUT2D eigenvalue weighted by atomic mass is 9.47. The number of carbonyl (C=O) groups is 1. The Bertz CT molecular complexity index is 697. The van der Waals surface area contributed by atoms with E-state index in [4.69, 9.17) is 14.2 Å². The molecule has 6 nitrogen and oxygen atoms in total. The van der Waals surface area contributed by atoms with Crippen molar-refractivity contribution in [2.24, 2.45) is 34.5 Å². The van der Waals surface area contributed by atoms with E-state index in [-0.39, 0.29) is 17.9 Å². The summed E-state index contributed by atoms with van der Waals surface area (Å²) in [6, 6.07) is 0. The molecule has 7 atom stereocenters. The molecule has 0 radical (unpaired) electrons. The second-order valence-corrected chi connectivity index (χ2v) is 10.00. The SMILES string of the molecule is C[C@]12CC[C@H]3[C@@H](CCC4=CC(=O)OC(O)[C@@]43C)[C@@H]1CC[C@@H]2C1(CO)OCCO1. The zero-order chi connectivity index (χ0) is 19.7. The Hall–Kier alpha value is -0.950. The number of hydrogen-bond donors (Lipinski definition) is 2. The molecule has 0 amide bonds. The van der Waals surface area contributed by atoms with Crippen molar-refractivity contribution in [3.05, 3.63) is 11.6 Å². The molecule has 0 aromatic rings. The van der Waals surface area contributed by atoms with Gasteiger partial charge in [0, 0.05) is 12.0 Å². The van der Waals surface area contributed by atoms with Crippen molar-refractivity contribution < 1.29 is 29.2 Å². The van der Waals surface area contributed by atoms with Gasteiger partial charge in [0.15, 0.2) is 5.79 Å². The van der Waals surface area contributed by atoms with E-state index in [1.165, 1.54) is 0 Å². The fourth-order valence-corrected chi connectivity index (χ4v) is 7.84. The highest BCUT2D eigenvalue weighted by atomic mass is 16.7. The summed E-state index contributed by atoms with van der Waals surface area (Å²) >= 11 is 0. The second kappa shape index (κ2) is 6.27. The van der Waals surface area contributed by atoms with Crippen molar-refractivity contribution >= 4 is 5.97 Å². The van der Waals surface area contributed by atoms with Crippen LogP contribution in [0.25, 0.3) is 0 Å². The van der Waals surface area contributed by atoms with Crippen LogP contribution in [0.3, 0.4) is 0 Å². The number of aliphatic hydroxyl groups excluding tert-OH is 2. The number of rotatable bonds is 2. The summed E-state index contributed by atoms with van der Waals surface area (Å²) in [4.78, 5) is 11.8. The molecule has 28 heavy (non-hydrogen) atoms. The van der Waals surface area contributed by atoms with E-state index in [1.807, 2.05) is 0 Å². The van der Waals surface area contributed by atoms with Crippen LogP contribution >= 0.6 is 0 Å². The summed E-state index contributed by atoms with van der Waals surface area (Å²) in [5, 5.41) is 20.9. The van der Waals surface area contributed by atoms with Crippen LogP contribution in [0.15, 0.2) is 11.6 Å². The summed E-state index contributed by atoms with van der Waals surface area (Å²) in [7, 11) is 0. The molecule has 1 unspecified atom stereocenters. The van der Waals surface area contributed by atoms with Gasteiger partial charge in [-0.25, -0.2) is 4.79 Å². The van der Waals surface area contributed by atoms with Crippen molar-refractivity contribution in [3.8, 4) is 0 Å². The number of cyclic esters (lactones) is 1. The van der Waals surface area contributed by atoms with Crippen molar-refractivity contribution in [2.45, 2.75) is 64.4 Å². The first-order valence-electron chi connectivity index (χ1n) is 10.8. The van der Waals surface area contributed by atoms with Gasteiger partial charge in [0.25, 0.3) is 0 Å². The molecule has 3 aliphatic carbocycles. The molecule has 1 saturated heterocycles. The molecule has 3 saturated carbocycles. The number of hydrogen-bond acceptors (Lipinski definition) is 6. The molecule has 0 aromatic heterocycles. The predicted octanol–water partition coefficient (Wildman–Crippen LogP) is 2.38. The molecule has 6 heteroatoms. The summed E-state index contributed by atoms with van der Waals surface area (Å²) in [6.07, 6.45) is 6.56. The van der Waals surface area contributed by atoms with Gasteiger partial charge in [-0.3, -0.25) is 0 Å². The van der Waals surface area contributed by atoms with Crippen LogP contribution < -0.4 is 0 Å². The molecule has 0 spiro atoms. The number of aliphatic hydroxyl groups is 2. The third-order valence-corrected chi connectivity index (χ3v) is 9.21. The zero-order valence-corrected chi connectivity index (χ0v) is 16.9. The topological polar surface area (TPSA) is 85.2 Å². The molecular formula is C22H32O6. The quantitative estimate of drug-likeness (QED) is 0.702. The highest BCUT2D eigenvalue weighted by Gasteiger charge is 2.65. The summed E-state index contributed by atoms with van der Waals surface area (Å²) in [5.41, 5.74) is 0.637. The third kappa shape index (κ3) is 2.32. The Balaban J connectivity index is 1.47. The lowest BCUT2D eigenvalue weighted by molar-refractivity contribution is -0.249. The Morgan fingerprint density at radius 2 is 1.86 bits per heavy atom. The van der Waals surface area contributed by atoms with E-state index in [1.54, 1.807) is 6.08 Å². The number of fused-ring (bicyclic) bond motifs is 5. The third-order valence-electron chi connectivity index (χ3n) is 9.21. The molecule has 2 heterocycles. The Morgan fingerprint density at radius 1 is 1.11 bits per heavy atom. The van der Waals surface area contributed by atoms with Crippen LogP contribution in [0.4, 0.5) is 0 Å². The monoisotopic (exact) mass is 392 g/mol. The Labute approximate surface area is 166 Å². The maximum atomic E-state index is 11.8. The first kappa shape index (κ1) is 19.0. The van der Waals surface area contributed by atoms with Gasteiger partial charge >= 0.3 is 5.97 Å². The fourth-order valence-electron chi connectivity index (χ4n) is 7.84. The van der Waals surface area contributed by atoms with E-state index >= 15 is 0 Å². The average Bonchev–Trinajstić information content (AvgIpc) is 3.27. The van der Waals surface area contributed by atoms with Gasteiger partial charge in [-0.05, 0) is 68.6 Å². The lowest BCUT2D eigenvalue weighted by Crippen LogP contribution is -2.57. The van der Waals surface area contributed by atoms with Gasteiger partial charge in [-0.1, -0.05) is 12.5 Å². The minimum Gasteiger partial charge on any atom is -0.432 e. The molecule has 2 N–H and O–H groups in total. The van der Waals surface area contributed by atoms with E-state index in [0.29, 0.717) is 31.0 Å². The van der Waals surface area contributed by atoms with E-state index in [2.05, 4.69) is 13.8 Å². The first-order valence-corrected chi connectivity index (χ1v) is 10.8.